The number of halogens is 2. The predicted molar refractivity (Wildman–Crippen MR) is 86.4 cm³/mol. The van der Waals surface area contributed by atoms with E-state index in [2.05, 4.69) is 20.6 Å². The summed E-state index contributed by atoms with van der Waals surface area (Å²) in [5.74, 6) is 0.411. The van der Waals surface area contributed by atoms with Gasteiger partial charge in [-0.25, -0.2) is 9.78 Å². The molecule has 0 saturated heterocycles. The van der Waals surface area contributed by atoms with E-state index >= 15 is 0 Å². The topological polar surface area (TPSA) is 66.9 Å². The molecule has 1 aliphatic carbocycles. The number of hydrogen-bond donors (Lipinski definition) is 2. The molecule has 0 atom stereocenters. The van der Waals surface area contributed by atoms with Crippen molar-refractivity contribution in [3.05, 3.63) is 52.4 Å². The van der Waals surface area contributed by atoms with Crippen LogP contribution in [-0.2, 0) is 5.41 Å². The zero-order chi connectivity index (χ0) is 15.6. The standard InChI is InChI=1S/C15H14Cl2N4O/c16-10-1-2-11(12(17)7-10)15(3-4-15)9-20-14(22)21-13-8-18-5-6-19-13/h1-2,5-8H,3-4,9H2,(H2,19,20,21,22). The van der Waals surface area contributed by atoms with E-state index in [1.807, 2.05) is 12.1 Å². The molecule has 1 aromatic heterocycles. The third kappa shape index (κ3) is 3.31. The van der Waals surface area contributed by atoms with E-state index < -0.39 is 0 Å². The number of rotatable bonds is 4. The maximum Gasteiger partial charge on any atom is 0.320 e. The monoisotopic (exact) mass is 336 g/mol. The van der Waals surface area contributed by atoms with Crippen molar-refractivity contribution in [3.63, 3.8) is 0 Å². The third-order valence-corrected chi connectivity index (χ3v) is 4.30. The Morgan fingerprint density at radius 3 is 2.73 bits per heavy atom. The molecule has 3 rings (SSSR count). The highest BCUT2D eigenvalue weighted by Gasteiger charge is 2.45. The fraction of sp³-hybridized carbons (Fsp3) is 0.267. The first-order valence-corrected chi connectivity index (χ1v) is 7.61. The molecule has 0 aliphatic heterocycles. The minimum atomic E-state index is -0.308. The van der Waals surface area contributed by atoms with Crippen molar-refractivity contribution < 1.29 is 4.79 Å². The molecule has 114 valence electrons. The van der Waals surface area contributed by atoms with Gasteiger partial charge in [0.2, 0.25) is 0 Å². The van der Waals surface area contributed by atoms with E-state index in [4.69, 9.17) is 23.2 Å². The Labute approximate surface area is 138 Å². The van der Waals surface area contributed by atoms with Crippen LogP contribution in [0.1, 0.15) is 18.4 Å². The minimum Gasteiger partial charge on any atom is -0.337 e. The summed E-state index contributed by atoms with van der Waals surface area (Å²) in [6.45, 7) is 0.514. The quantitative estimate of drug-likeness (QED) is 0.895. The molecule has 0 radical (unpaired) electrons. The van der Waals surface area contributed by atoms with Crippen LogP contribution < -0.4 is 10.6 Å². The van der Waals surface area contributed by atoms with E-state index in [0.29, 0.717) is 22.4 Å². The highest BCUT2D eigenvalue weighted by molar-refractivity contribution is 6.35. The van der Waals surface area contributed by atoms with E-state index in [1.54, 1.807) is 12.3 Å². The number of nitrogens with one attached hydrogen (secondary N) is 2. The number of carbonyl (C=O) groups excluding carboxylic acids is 1. The lowest BCUT2D eigenvalue weighted by Gasteiger charge is -2.18. The first-order valence-electron chi connectivity index (χ1n) is 6.85. The smallest absolute Gasteiger partial charge is 0.320 e. The lowest BCUT2D eigenvalue weighted by molar-refractivity contribution is 0.251. The molecule has 0 spiro atoms. The predicted octanol–water partition coefficient (Wildman–Crippen LogP) is 3.64. The molecular formula is C15H14Cl2N4O. The number of nitrogens with zero attached hydrogens (tertiary/aromatic N) is 2. The summed E-state index contributed by atoms with van der Waals surface area (Å²) in [6, 6.07) is 5.18. The van der Waals surface area contributed by atoms with Crippen molar-refractivity contribution in [1.29, 1.82) is 0 Å². The van der Waals surface area contributed by atoms with Gasteiger partial charge in [-0.3, -0.25) is 10.3 Å². The van der Waals surface area contributed by atoms with E-state index in [0.717, 1.165) is 18.4 Å². The summed E-state index contributed by atoms with van der Waals surface area (Å²) in [5.41, 5.74) is 0.930. The Balaban J connectivity index is 1.62. The molecule has 2 N–H and O–H groups in total. The van der Waals surface area contributed by atoms with E-state index in [9.17, 15) is 4.79 Å². The molecular weight excluding hydrogens is 323 g/mol. The molecule has 1 aromatic carbocycles. The largest absolute Gasteiger partial charge is 0.337 e. The summed E-state index contributed by atoms with van der Waals surface area (Å²) in [4.78, 5) is 19.8. The fourth-order valence-corrected chi connectivity index (χ4v) is 2.99. The van der Waals surface area contributed by atoms with E-state index in [-0.39, 0.29) is 11.4 Å². The molecule has 0 bridgehead atoms. The molecule has 1 fully saturated rings. The average molecular weight is 337 g/mol. The van der Waals surface area contributed by atoms with Crippen LogP contribution in [0.4, 0.5) is 10.6 Å². The molecule has 2 amide bonds. The molecule has 0 unspecified atom stereocenters. The van der Waals surface area contributed by atoms with Crippen LogP contribution in [0.25, 0.3) is 0 Å². The second kappa shape index (κ2) is 6.10. The van der Waals surface area contributed by atoms with Crippen LogP contribution in [0.5, 0.6) is 0 Å². The molecule has 7 heteroatoms. The lowest BCUT2D eigenvalue weighted by Crippen LogP contribution is -2.35. The second-order valence-corrected chi connectivity index (χ2v) is 6.15. The van der Waals surface area contributed by atoms with Gasteiger partial charge in [-0.1, -0.05) is 29.3 Å². The van der Waals surface area contributed by atoms with Crippen molar-refractivity contribution in [2.45, 2.75) is 18.3 Å². The van der Waals surface area contributed by atoms with Gasteiger partial charge in [0.1, 0.15) is 0 Å². The molecule has 22 heavy (non-hydrogen) atoms. The number of hydrogen-bond acceptors (Lipinski definition) is 3. The Morgan fingerprint density at radius 1 is 1.27 bits per heavy atom. The molecule has 5 nitrogen and oxygen atoms in total. The van der Waals surface area contributed by atoms with Crippen molar-refractivity contribution in [2.24, 2.45) is 0 Å². The van der Waals surface area contributed by atoms with Gasteiger partial charge in [-0.05, 0) is 30.5 Å². The van der Waals surface area contributed by atoms with Gasteiger partial charge in [0.05, 0.1) is 6.20 Å². The number of urea groups is 1. The SMILES string of the molecule is O=C(NCC1(c2ccc(Cl)cc2Cl)CC1)Nc1cnccn1. The summed E-state index contributed by atoms with van der Waals surface area (Å²) >= 11 is 12.2. The number of benzene rings is 1. The van der Waals surface area contributed by atoms with Gasteiger partial charge in [0.15, 0.2) is 5.82 Å². The molecule has 1 saturated carbocycles. The Kier molecular flexibility index (Phi) is 4.18. The zero-order valence-corrected chi connectivity index (χ0v) is 13.2. The lowest BCUT2D eigenvalue weighted by atomic mass is 9.96. The summed E-state index contributed by atoms with van der Waals surface area (Å²) in [6.07, 6.45) is 6.53. The number of amides is 2. The Bertz CT molecular complexity index is 689. The van der Waals surface area contributed by atoms with Crippen molar-refractivity contribution in [1.82, 2.24) is 15.3 Å². The van der Waals surface area contributed by atoms with Gasteiger partial charge in [-0.2, -0.15) is 0 Å². The van der Waals surface area contributed by atoms with Gasteiger partial charge < -0.3 is 5.32 Å². The highest BCUT2D eigenvalue weighted by Crippen LogP contribution is 2.50. The van der Waals surface area contributed by atoms with Gasteiger partial charge in [0.25, 0.3) is 0 Å². The Morgan fingerprint density at radius 2 is 2.09 bits per heavy atom. The number of aromatic nitrogens is 2. The van der Waals surface area contributed by atoms with Crippen LogP contribution >= 0.6 is 23.2 Å². The normalized spacial score (nSPS) is 15.2. The third-order valence-electron chi connectivity index (χ3n) is 3.75. The summed E-state index contributed by atoms with van der Waals surface area (Å²) < 4.78 is 0. The van der Waals surface area contributed by atoms with Crippen molar-refractivity contribution >= 4 is 35.1 Å². The average Bonchev–Trinajstić information content (AvgIpc) is 3.27. The second-order valence-electron chi connectivity index (χ2n) is 5.30. The molecule has 2 aromatic rings. The molecule has 1 aliphatic rings. The summed E-state index contributed by atoms with van der Waals surface area (Å²) in [5, 5.41) is 6.75. The van der Waals surface area contributed by atoms with Crippen LogP contribution in [-0.4, -0.2) is 22.5 Å². The highest BCUT2D eigenvalue weighted by atomic mass is 35.5. The maximum atomic E-state index is 11.9. The van der Waals surface area contributed by atoms with Crippen LogP contribution in [0.2, 0.25) is 10.0 Å². The van der Waals surface area contributed by atoms with Gasteiger partial charge in [-0.15, -0.1) is 0 Å². The van der Waals surface area contributed by atoms with Crippen LogP contribution in [0.15, 0.2) is 36.8 Å². The van der Waals surface area contributed by atoms with Crippen LogP contribution in [0.3, 0.4) is 0 Å². The van der Waals surface area contributed by atoms with Gasteiger partial charge >= 0.3 is 6.03 Å². The maximum absolute atomic E-state index is 11.9. The minimum absolute atomic E-state index is 0.0959. The zero-order valence-electron chi connectivity index (χ0n) is 11.6. The fourth-order valence-electron chi connectivity index (χ4n) is 2.39. The van der Waals surface area contributed by atoms with E-state index in [1.165, 1.54) is 12.4 Å². The number of anilines is 1. The van der Waals surface area contributed by atoms with Crippen LogP contribution in [0, 0.1) is 0 Å². The van der Waals surface area contributed by atoms with Gasteiger partial charge in [0, 0.05) is 34.4 Å². The van der Waals surface area contributed by atoms with Crippen molar-refractivity contribution in [2.75, 3.05) is 11.9 Å². The number of carbonyl (C=O) groups is 1. The van der Waals surface area contributed by atoms with Crippen molar-refractivity contribution in [3.8, 4) is 0 Å². The first kappa shape index (κ1) is 15.1. The molecule has 1 heterocycles. The Hall–Kier alpha value is -1.85. The first-order chi connectivity index (χ1) is 10.6. The summed E-state index contributed by atoms with van der Waals surface area (Å²) in [7, 11) is 0.